The number of ether oxygens (including phenoxy) is 1. The van der Waals surface area contributed by atoms with Crippen molar-refractivity contribution in [2.24, 2.45) is 0 Å². The van der Waals surface area contributed by atoms with Crippen LogP contribution in [-0.4, -0.2) is 38.8 Å². The second kappa shape index (κ2) is 4.43. The molecule has 0 amide bonds. The smallest absolute Gasteiger partial charge is 0.253 e. The van der Waals surface area contributed by atoms with Gasteiger partial charge in [0.2, 0.25) is 5.82 Å². The Morgan fingerprint density at radius 2 is 2.33 bits per heavy atom. The quantitative estimate of drug-likeness (QED) is 0.837. The molecule has 2 aromatic heterocycles. The van der Waals surface area contributed by atoms with E-state index in [0.717, 1.165) is 13.1 Å². The van der Waals surface area contributed by atoms with Crippen LogP contribution in [0.2, 0.25) is 0 Å². The Labute approximate surface area is 104 Å². The lowest BCUT2D eigenvalue weighted by Gasteiger charge is -2.38. The maximum Gasteiger partial charge on any atom is 0.253 e. The summed E-state index contributed by atoms with van der Waals surface area (Å²) in [6.45, 7) is 4.05. The van der Waals surface area contributed by atoms with Gasteiger partial charge in [0.25, 0.3) is 5.89 Å². The molecule has 3 heterocycles. The van der Waals surface area contributed by atoms with E-state index in [-0.39, 0.29) is 5.60 Å². The third-order valence-corrected chi connectivity index (χ3v) is 2.80. The van der Waals surface area contributed by atoms with E-state index in [0.29, 0.717) is 24.0 Å². The summed E-state index contributed by atoms with van der Waals surface area (Å²) < 4.78 is 10.8. The Morgan fingerprint density at radius 1 is 1.44 bits per heavy atom. The number of rotatable bonds is 4. The molecular formula is C11H13N5O2. The number of aromatic nitrogens is 4. The zero-order valence-corrected chi connectivity index (χ0v) is 9.96. The molecule has 2 aromatic rings. The fraction of sp³-hybridized carbons (Fsp3) is 0.455. The van der Waals surface area contributed by atoms with Crippen molar-refractivity contribution in [2.45, 2.75) is 19.1 Å². The van der Waals surface area contributed by atoms with E-state index >= 15 is 0 Å². The second-order valence-electron chi connectivity index (χ2n) is 4.44. The molecule has 1 aliphatic heterocycles. The molecule has 1 fully saturated rings. The Kier molecular flexibility index (Phi) is 2.77. The van der Waals surface area contributed by atoms with Crippen LogP contribution in [0.25, 0.3) is 11.5 Å². The fourth-order valence-electron chi connectivity index (χ4n) is 1.65. The predicted molar refractivity (Wildman–Crippen MR) is 61.4 cm³/mol. The Balaban J connectivity index is 1.66. The molecule has 7 heteroatoms. The molecule has 0 spiro atoms. The molecule has 1 saturated heterocycles. The summed E-state index contributed by atoms with van der Waals surface area (Å²) in [6.07, 6.45) is 4.77. The fourth-order valence-corrected chi connectivity index (χ4v) is 1.65. The normalized spacial score (nSPS) is 17.4. The minimum Gasteiger partial charge on any atom is -0.363 e. The van der Waals surface area contributed by atoms with Crippen molar-refractivity contribution in [2.75, 3.05) is 13.1 Å². The van der Waals surface area contributed by atoms with Crippen LogP contribution >= 0.6 is 0 Å². The summed E-state index contributed by atoms with van der Waals surface area (Å²) in [5, 5.41) is 7.01. The highest BCUT2D eigenvalue weighted by Crippen LogP contribution is 2.18. The van der Waals surface area contributed by atoms with Gasteiger partial charge >= 0.3 is 0 Å². The molecule has 7 nitrogen and oxygen atoms in total. The summed E-state index contributed by atoms with van der Waals surface area (Å²) in [6, 6.07) is 0. The zero-order valence-electron chi connectivity index (χ0n) is 9.96. The second-order valence-corrected chi connectivity index (χ2v) is 4.44. The molecule has 0 radical (unpaired) electrons. The van der Waals surface area contributed by atoms with Crippen LogP contribution in [0.1, 0.15) is 12.8 Å². The lowest BCUT2D eigenvalue weighted by atomic mass is 10.0. The van der Waals surface area contributed by atoms with Crippen molar-refractivity contribution >= 4 is 0 Å². The van der Waals surface area contributed by atoms with Gasteiger partial charge in [-0.15, -0.1) is 0 Å². The summed E-state index contributed by atoms with van der Waals surface area (Å²) in [5.74, 6) is 0.877. The van der Waals surface area contributed by atoms with E-state index < -0.39 is 0 Å². The molecule has 0 saturated carbocycles. The first-order valence-corrected chi connectivity index (χ1v) is 5.69. The van der Waals surface area contributed by atoms with Gasteiger partial charge in [0.05, 0.1) is 11.8 Å². The van der Waals surface area contributed by atoms with E-state index in [9.17, 15) is 0 Å². The molecule has 0 aromatic carbocycles. The summed E-state index contributed by atoms with van der Waals surface area (Å²) >= 11 is 0. The molecule has 0 atom stereocenters. The van der Waals surface area contributed by atoms with Gasteiger partial charge in [-0.1, -0.05) is 5.16 Å². The third-order valence-electron chi connectivity index (χ3n) is 2.80. The number of hydrogen-bond donors (Lipinski definition) is 1. The van der Waals surface area contributed by atoms with Crippen molar-refractivity contribution in [3.8, 4) is 11.5 Å². The van der Waals surface area contributed by atoms with Crippen LogP contribution in [0.4, 0.5) is 0 Å². The standard InChI is InChI=1S/C11H13N5O2/c1-11(6-13-7-11)17-5-9-15-10(16-18-9)8-4-12-2-3-14-8/h2-4,13H,5-7H2,1H3. The first kappa shape index (κ1) is 11.2. The van der Waals surface area contributed by atoms with Gasteiger partial charge in [-0.05, 0) is 6.92 Å². The van der Waals surface area contributed by atoms with Crippen LogP contribution in [0.5, 0.6) is 0 Å². The van der Waals surface area contributed by atoms with Crippen LogP contribution < -0.4 is 5.32 Å². The molecule has 0 unspecified atom stereocenters. The Bertz CT molecular complexity index is 523. The Morgan fingerprint density at radius 3 is 3.00 bits per heavy atom. The highest BCUT2D eigenvalue weighted by atomic mass is 16.5. The van der Waals surface area contributed by atoms with Crippen molar-refractivity contribution in [1.29, 1.82) is 0 Å². The van der Waals surface area contributed by atoms with Gasteiger partial charge in [-0.25, -0.2) is 4.98 Å². The average Bonchev–Trinajstić information content (AvgIpc) is 2.84. The number of hydrogen-bond acceptors (Lipinski definition) is 7. The molecule has 94 valence electrons. The molecule has 18 heavy (non-hydrogen) atoms. The van der Waals surface area contributed by atoms with E-state index in [1.165, 1.54) is 0 Å². The first-order chi connectivity index (χ1) is 8.75. The van der Waals surface area contributed by atoms with Crippen LogP contribution in [0, 0.1) is 0 Å². The highest BCUT2D eigenvalue weighted by Gasteiger charge is 2.33. The van der Waals surface area contributed by atoms with E-state index in [2.05, 4.69) is 25.4 Å². The van der Waals surface area contributed by atoms with Gasteiger partial charge in [0, 0.05) is 25.5 Å². The summed E-state index contributed by atoms with van der Waals surface area (Å²) in [5.41, 5.74) is 0.463. The van der Waals surface area contributed by atoms with Crippen molar-refractivity contribution < 1.29 is 9.26 Å². The minimum atomic E-state index is -0.124. The van der Waals surface area contributed by atoms with Gasteiger partial charge in [-0.3, -0.25) is 4.98 Å². The summed E-state index contributed by atoms with van der Waals surface area (Å²) in [7, 11) is 0. The van der Waals surface area contributed by atoms with Crippen LogP contribution in [0.3, 0.4) is 0 Å². The molecule has 0 bridgehead atoms. The van der Waals surface area contributed by atoms with Gasteiger partial charge in [-0.2, -0.15) is 4.98 Å². The van der Waals surface area contributed by atoms with Crippen LogP contribution in [0.15, 0.2) is 23.1 Å². The number of nitrogens with one attached hydrogen (secondary N) is 1. The average molecular weight is 247 g/mol. The zero-order chi connectivity index (χ0) is 12.4. The van der Waals surface area contributed by atoms with E-state index in [1.807, 2.05) is 6.92 Å². The Hall–Kier alpha value is -1.86. The third kappa shape index (κ3) is 2.22. The highest BCUT2D eigenvalue weighted by molar-refractivity contribution is 5.45. The van der Waals surface area contributed by atoms with Crippen LogP contribution in [-0.2, 0) is 11.3 Å². The SMILES string of the molecule is CC1(OCc2nc(-c3cnccn3)no2)CNC1. The molecule has 0 aliphatic carbocycles. The maximum absolute atomic E-state index is 5.71. The largest absolute Gasteiger partial charge is 0.363 e. The molecule has 1 aliphatic rings. The molecule has 3 rings (SSSR count). The van der Waals surface area contributed by atoms with Crippen molar-refractivity contribution in [3.05, 3.63) is 24.5 Å². The van der Waals surface area contributed by atoms with Gasteiger partial charge in [0.1, 0.15) is 12.3 Å². The molecule has 1 N–H and O–H groups in total. The van der Waals surface area contributed by atoms with E-state index in [4.69, 9.17) is 9.26 Å². The number of nitrogens with zero attached hydrogens (tertiary/aromatic N) is 4. The van der Waals surface area contributed by atoms with Gasteiger partial charge < -0.3 is 14.6 Å². The topological polar surface area (TPSA) is 86.0 Å². The lowest BCUT2D eigenvalue weighted by molar-refractivity contribution is -0.0841. The predicted octanol–water partition coefficient (Wildman–Crippen LogP) is 0.405. The van der Waals surface area contributed by atoms with Gasteiger partial charge in [0.15, 0.2) is 0 Å². The monoisotopic (exact) mass is 247 g/mol. The maximum atomic E-state index is 5.71. The van der Waals surface area contributed by atoms with Crippen molar-refractivity contribution in [1.82, 2.24) is 25.4 Å². The van der Waals surface area contributed by atoms with E-state index in [1.54, 1.807) is 18.6 Å². The molecular weight excluding hydrogens is 234 g/mol. The lowest BCUT2D eigenvalue weighted by Crippen LogP contribution is -2.58. The summed E-state index contributed by atoms with van der Waals surface area (Å²) in [4.78, 5) is 12.3. The first-order valence-electron chi connectivity index (χ1n) is 5.69. The minimum absolute atomic E-state index is 0.124. The van der Waals surface area contributed by atoms with Crippen molar-refractivity contribution in [3.63, 3.8) is 0 Å².